The van der Waals surface area contributed by atoms with Gasteiger partial charge in [0, 0.05) is 28.9 Å². The van der Waals surface area contributed by atoms with E-state index in [9.17, 15) is 5.11 Å². The van der Waals surface area contributed by atoms with Crippen LogP contribution in [0.5, 0.6) is 0 Å². The lowest BCUT2D eigenvalue weighted by Gasteiger charge is -2.11. The van der Waals surface area contributed by atoms with Crippen molar-refractivity contribution in [2.75, 3.05) is 5.73 Å². The summed E-state index contributed by atoms with van der Waals surface area (Å²) in [4.78, 5) is 15.6. The monoisotopic (exact) mass is 361 g/mol. The molecule has 7 heteroatoms. The zero-order chi connectivity index (χ0) is 18.1. The smallest absolute Gasteiger partial charge is 0.220 e. The lowest BCUT2D eigenvalue weighted by Crippen LogP contribution is -2.17. The normalized spacial score (nSPS) is 13.2. The molecule has 0 saturated carbocycles. The van der Waals surface area contributed by atoms with Crippen LogP contribution >= 0.6 is 11.3 Å². The maximum absolute atomic E-state index is 10.5. The molecule has 0 fully saturated rings. The van der Waals surface area contributed by atoms with Crippen LogP contribution in [0.25, 0.3) is 22.2 Å². The van der Waals surface area contributed by atoms with Crippen molar-refractivity contribution in [1.29, 1.82) is 0 Å². The number of thiazole rings is 1. The maximum Gasteiger partial charge on any atom is 0.220 e. The Hall–Kier alpha value is -3.21. The topological polar surface area (TPSA) is 101 Å². The van der Waals surface area contributed by atoms with Crippen LogP contribution in [-0.2, 0) is 5.60 Å². The molecule has 128 valence electrons. The minimum absolute atomic E-state index is 0.230. The number of fused-ring (bicyclic) bond motifs is 1. The molecule has 1 aromatic carbocycles. The Morgan fingerprint density at radius 3 is 3.00 bits per heavy atom. The molecular formula is C19H15N5OS. The number of aromatic amines is 1. The molecule has 4 rings (SSSR count). The zero-order valence-corrected chi connectivity index (χ0v) is 14.7. The Morgan fingerprint density at radius 2 is 2.19 bits per heavy atom. The van der Waals surface area contributed by atoms with Crippen molar-refractivity contribution in [3.63, 3.8) is 0 Å². The fourth-order valence-corrected chi connectivity index (χ4v) is 3.27. The molecule has 0 bridgehead atoms. The lowest BCUT2D eigenvalue weighted by atomic mass is 10.0. The van der Waals surface area contributed by atoms with Gasteiger partial charge in [0.2, 0.25) is 5.95 Å². The van der Waals surface area contributed by atoms with Crippen LogP contribution in [0.1, 0.15) is 17.5 Å². The average Bonchev–Trinajstić information content (AvgIpc) is 3.30. The fourth-order valence-electron chi connectivity index (χ4n) is 2.62. The van der Waals surface area contributed by atoms with Crippen LogP contribution in [0, 0.1) is 11.8 Å². The molecule has 6 nitrogen and oxygen atoms in total. The lowest BCUT2D eigenvalue weighted by molar-refractivity contribution is 0.122. The second-order valence-electron chi connectivity index (χ2n) is 5.93. The van der Waals surface area contributed by atoms with Gasteiger partial charge in [0.05, 0.1) is 11.7 Å². The van der Waals surface area contributed by atoms with Crippen molar-refractivity contribution in [2.45, 2.75) is 12.5 Å². The van der Waals surface area contributed by atoms with Gasteiger partial charge in [-0.1, -0.05) is 24.0 Å². The van der Waals surface area contributed by atoms with Crippen LogP contribution in [0.3, 0.4) is 0 Å². The number of nitrogens with zero attached hydrogens (tertiary/aromatic N) is 3. The number of nitrogens with one attached hydrogen (secondary N) is 1. The van der Waals surface area contributed by atoms with Crippen molar-refractivity contribution >= 4 is 28.3 Å². The standard InChI is InChI=1S/C19H15N5OS/c1-19(25,17-21-7-8-26-17)6-5-12-3-2-4-13(9-12)14-10-22-15-11-23-18(20)24-16(14)15/h2-4,7-11,22,25H,1H3,(H2,20,23,24). The van der Waals surface area contributed by atoms with Crippen LogP contribution in [0.2, 0.25) is 0 Å². The average molecular weight is 361 g/mol. The van der Waals surface area contributed by atoms with E-state index in [-0.39, 0.29) is 5.95 Å². The van der Waals surface area contributed by atoms with Crippen molar-refractivity contribution in [3.05, 3.63) is 58.8 Å². The number of aliphatic hydroxyl groups is 1. The van der Waals surface area contributed by atoms with Gasteiger partial charge in [-0.3, -0.25) is 0 Å². The predicted octanol–water partition coefficient (Wildman–Crippen LogP) is 2.92. The number of nitrogen functional groups attached to an aromatic ring is 1. The summed E-state index contributed by atoms with van der Waals surface area (Å²) in [5.41, 5.74) is 8.67. The summed E-state index contributed by atoms with van der Waals surface area (Å²) in [5.74, 6) is 6.16. The first kappa shape index (κ1) is 16.3. The highest BCUT2D eigenvalue weighted by Crippen LogP contribution is 2.28. The second kappa shape index (κ2) is 6.26. The molecule has 0 saturated heterocycles. The van der Waals surface area contributed by atoms with Gasteiger partial charge in [-0.15, -0.1) is 11.3 Å². The van der Waals surface area contributed by atoms with Crippen LogP contribution < -0.4 is 5.73 Å². The van der Waals surface area contributed by atoms with E-state index in [1.54, 1.807) is 19.3 Å². The molecule has 0 radical (unpaired) electrons. The Kier molecular flexibility index (Phi) is 3.92. The third-order valence-corrected chi connectivity index (χ3v) is 4.89. The van der Waals surface area contributed by atoms with Crippen LogP contribution in [0.4, 0.5) is 5.95 Å². The molecule has 3 heterocycles. The van der Waals surface area contributed by atoms with Crippen molar-refractivity contribution < 1.29 is 5.11 Å². The summed E-state index contributed by atoms with van der Waals surface area (Å²) in [6, 6.07) is 7.74. The highest BCUT2D eigenvalue weighted by molar-refractivity contribution is 7.09. The van der Waals surface area contributed by atoms with E-state index in [0.717, 1.165) is 27.7 Å². The first-order chi connectivity index (χ1) is 12.5. The first-order valence-electron chi connectivity index (χ1n) is 7.88. The minimum Gasteiger partial charge on any atom is -0.371 e. The van der Waals surface area contributed by atoms with Gasteiger partial charge in [0.1, 0.15) is 10.5 Å². The van der Waals surface area contributed by atoms with Crippen molar-refractivity contribution in [1.82, 2.24) is 19.9 Å². The van der Waals surface area contributed by atoms with Gasteiger partial charge >= 0.3 is 0 Å². The molecule has 1 atom stereocenters. The summed E-state index contributed by atoms with van der Waals surface area (Å²) >= 11 is 1.38. The first-order valence-corrected chi connectivity index (χ1v) is 8.76. The largest absolute Gasteiger partial charge is 0.371 e. The number of nitrogens with two attached hydrogens (primary N) is 1. The van der Waals surface area contributed by atoms with E-state index in [1.807, 2.05) is 35.8 Å². The van der Waals surface area contributed by atoms with Gasteiger partial charge in [-0.05, 0) is 24.6 Å². The number of H-pyrrole nitrogens is 1. The van der Waals surface area contributed by atoms with Gasteiger partial charge < -0.3 is 15.8 Å². The molecular weight excluding hydrogens is 346 g/mol. The number of benzene rings is 1. The summed E-state index contributed by atoms with van der Waals surface area (Å²) in [7, 11) is 0. The van der Waals surface area contributed by atoms with Crippen LogP contribution in [0.15, 0.2) is 48.2 Å². The number of hydrogen-bond acceptors (Lipinski definition) is 6. The number of anilines is 1. The maximum atomic E-state index is 10.5. The molecule has 0 amide bonds. The SMILES string of the molecule is CC(O)(C#Cc1cccc(-c2c[nH]c3cnc(N)nc23)c1)c1nccs1. The van der Waals surface area contributed by atoms with E-state index in [2.05, 4.69) is 31.8 Å². The van der Waals surface area contributed by atoms with Gasteiger partial charge in [-0.25, -0.2) is 15.0 Å². The Labute approximate surface area is 153 Å². The van der Waals surface area contributed by atoms with E-state index < -0.39 is 5.60 Å². The van der Waals surface area contributed by atoms with E-state index >= 15 is 0 Å². The van der Waals surface area contributed by atoms with E-state index in [1.165, 1.54) is 11.3 Å². The summed E-state index contributed by atoms with van der Waals surface area (Å²) in [6.07, 6.45) is 5.19. The predicted molar refractivity (Wildman–Crippen MR) is 102 cm³/mol. The number of rotatable bonds is 2. The highest BCUT2D eigenvalue weighted by Gasteiger charge is 2.22. The number of aromatic nitrogens is 4. The quantitative estimate of drug-likeness (QED) is 0.477. The van der Waals surface area contributed by atoms with Crippen LogP contribution in [-0.4, -0.2) is 25.0 Å². The molecule has 26 heavy (non-hydrogen) atoms. The minimum atomic E-state index is -1.29. The molecule has 4 N–H and O–H groups in total. The highest BCUT2D eigenvalue weighted by atomic mass is 32.1. The molecule has 0 aliphatic carbocycles. The summed E-state index contributed by atoms with van der Waals surface area (Å²) < 4.78 is 0. The third kappa shape index (κ3) is 3.04. The van der Waals surface area contributed by atoms with Gasteiger partial charge in [0.25, 0.3) is 0 Å². The second-order valence-corrected chi connectivity index (χ2v) is 6.83. The molecule has 4 aromatic rings. The molecule has 0 aliphatic rings. The Balaban J connectivity index is 1.72. The van der Waals surface area contributed by atoms with Crippen molar-refractivity contribution in [3.8, 4) is 23.0 Å². The zero-order valence-electron chi connectivity index (χ0n) is 13.9. The summed E-state index contributed by atoms with van der Waals surface area (Å²) in [6.45, 7) is 1.64. The Morgan fingerprint density at radius 1 is 1.31 bits per heavy atom. The Bertz CT molecular complexity index is 1140. The van der Waals surface area contributed by atoms with E-state index in [0.29, 0.717) is 5.01 Å². The van der Waals surface area contributed by atoms with Gasteiger partial charge in [0.15, 0.2) is 5.60 Å². The van der Waals surface area contributed by atoms with Gasteiger partial charge in [-0.2, -0.15) is 0 Å². The fraction of sp³-hybridized carbons (Fsp3) is 0.105. The third-order valence-electron chi connectivity index (χ3n) is 3.91. The summed E-state index contributed by atoms with van der Waals surface area (Å²) in [5, 5.41) is 12.9. The molecule has 0 spiro atoms. The molecule has 0 aliphatic heterocycles. The van der Waals surface area contributed by atoms with E-state index in [4.69, 9.17) is 5.73 Å². The molecule has 1 unspecified atom stereocenters. The number of hydrogen-bond donors (Lipinski definition) is 3. The molecule has 3 aromatic heterocycles. The van der Waals surface area contributed by atoms with Crippen molar-refractivity contribution in [2.24, 2.45) is 0 Å².